The summed E-state index contributed by atoms with van der Waals surface area (Å²) in [7, 11) is 0. The van der Waals surface area contributed by atoms with Gasteiger partial charge >= 0.3 is 0 Å². The van der Waals surface area contributed by atoms with Crippen LogP contribution in [-0.4, -0.2) is 10.9 Å². The van der Waals surface area contributed by atoms with Crippen LogP contribution in [0.15, 0.2) is 42.6 Å². The van der Waals surface area contributed by atoms with Crippen LogP contribution in [0.3, 0.4) is 0 Å². The summed E-state index contributed by atoms with van der Waals surface area (Å²) in [4.78, 5) is 15.7. The minimum atomic E-state index is -0.160. The molecule has 1 N–H and O–H groups in total. The van der Waals surface area contributed by atoms with Crippen LogP contribution in [0.2, 0.25) is 5.15 Å². The number of aryl methyl sites for hydroxylation is 1. The van der Waals surface area contributed by atoms with E-state index >= 15 is 0 Å². The lowest BCUT2D eigenvalue weighted by molar-refractivity contribution is 0.102. The Kier molecular flexibility index (Phi) is 3.40. The van der Waals surface area contributed by atoms with Gasteiger partial charge in [0.2, 0.25) is 0 Å². The van der Waals surface area contributed by atoms with E-state index in [2.05, 4.69) is 10.3 Å². The summed E-state index contributed by atoms with van der Waals surface area (Å²) >= 11 is 5.73. The van der Waals surface area contributed by atoms with Crippen molar-refractivity contribution in [3.8, 4) is 0 Å². The number of rotatable bonds is 2. The predicted octanol–water partition coefficient (Wildman–Crippen LogP) is 3.30. The Labute approximate surface area is 104 Å². The number of benzene rings is 1. The Hall–Kier alpha value is -1.87. The SMILES string of the molecule is Cc1ccc(C(=O)Nc2ccnc(Cl)c2)cc1. The molecule has 1 aromatic heterocycles. The van der Waals surface area contributed by atoms with Crippen molar-refractivity contribution in [2.45, 2.75) is 6.92 Å². The topological polar surface area (TPSA) is 42.0 Å². The molecule has 1 aromatic carbocycles. The van der Waals surface area contributed by atoms with Crippen LogP contribution in [-0.2, 0) is 0 Å². The zero-order valence-electron chi connectivity index (χ0n) is 9.27. The fraction of sp³-hybridized carbons (Fsp3) is 0.0769. The summed E-state index contributed by atoms with van der Waals surface area (Å²) in [5.41, 5.74) is 2.37. The smallest absolute Gasteiger partial charge is 0.255 e. The van der Waals surface area contributed by atoms with E-state index in [9.17, 15) is 4.79 Å². The summed E-state index contributed by atoms with van der Waals surface area (Å²) in [5, 5.41) is 3.11. The second-order valence-electron chi connectivity index (χ2n) is 3.69. The molecular formula is C13H11ClN2O. The normalized spacial score (nSPS) is 10.0. The highest BCUT2D eigenvalue weighted by Crippen LogP contribution is 2.13. The number of nitrogens with one attached hydrogen (secondary N) is 1. The van der Waals surface area contributed by atoms with Crippen molar-refractivity contribution in [3.05, 3.63) is 58.9 Å². The van der Waals surface area contributed by atoms with Crippen molar-refractivity contribution in [2.24, 2.45) is 0 Å². The van der Waals surface area contributed by atoms with Crippen LogP contribution < -0.4 is 5.32 Å². The molecule has 17 heavy (non-hydrogen) atoms. The summed E-state index contributed by atoms with van der Waals surface area (Å²) in [6, 6.07) is 10.7. The third-order valence-electron chi connectivity index (χ3n) is 2.30. The third-order valence-corrected chi connectivity index (χ3v) is 2.50. The van der Waals surface area contributed by atoms with E-state index < -0.39 is 0 Å². The average Bonchev–Trinajstić information content (AvgIpc) is 2.29. The largest absolute Gasteiger partial charge is 0.322 e. The van der Waals surface area contributed by atoms with Gasteiger partial charge in [0.05, 0.1) is 0 Å². The molecular weight excluding hydrogens is 236 g/mol. The van der Waals surface area contributed by atoms with Crippen molar-refractivity contribution in [1.82, 2.24) is 4.98 Å². The third kappa shape index (κ3) is 3.04. The summed E-state index contributed by atoms with van der Waals surface area (Å²) < 4.78 is 0. The first-order valence-electron chi connectivity index (χ1n) is 5.15. The van der Waals surface area contributed by atoms with Gasteiger partial charge in [0.15, 0.2) is 0 Å². The molecule has 4 heteroatoms. The molecule has 0 atom stereocenters. The maximum Gasteiger partial charge on any atom is 0.255 e. The Morgan fingerprint density at radius 3 is 2.59 bits per heavy atom. The van der Waals surface area contributed by atoms with E-state index in [0.717, 1.165) is 5.56 Å². The summed E-state index contributed by atoms with van der Waals surface area (Å²) in [5.74, 6) is -0.160. The minimum absolute atomic E-state index is 0.160. The van der Waals surface area contributed by atoms with Crippen molar-refractivity contribution in [1.29, 1.82) is 0 Å². The number of nitrogens with zero attached hydrogens (tertiary/aromatic N) is 1. The van der Waals surface area contributed by atoms with Gasteiger partial charge in [-0.3, -0.25) is 4.79 Å². The first kappa shape index (κ1) is 11.6. The second kappa shape index (κ2) is 4.97. The Bertz CT molecular complexity index is 537. The highest BCUT2D eigenvalue weighted by atomic mass is 35.5. The van der Waals surface area contributed by atoms with Gasteiger partial charge in [-0.2, -0.15) is 0 Å². The molecule has 86 valence electrons. The van der Waals surface area contributed by atoms with Gasteiger partial charge in [-0.15, -0.1) is 0 Å². The molecule has 0 aliphatic heterocycles. The number of hydrogen-bond donors (Lipinski definition) is 1. The fourth-order valence-electron chi connectivity index (χ4n) is 1.39. The van der Waals surface area contributed by atoms with E-state index in [4.69, 9.17) is 11.6 Å². The number of hydrogen-bond acceptors (Lipinski definition) is 2. The van der Waals surface area contributed by atoms with E-state index in [-0.39, 0.29) is 5.91 Å². The van der Waals surface area contributed by atoms with E-state index in [0.29, 0.717) is 16.4 Å². The summed E-state index contributed by atoms with van der Waals surface area (Å²) in [6.07, 6.45) is 1.55. The van der Waals surface area contributed by atoms with E-state index in [1.54, 1.807) is 30.5 Å². The average molecular weight is 247 g/mol. The van der Waals surface area contributed by atoms with Crippen LogP contribution in [0.1, 0.15) is 15.9 Å². The highest BCUT2D eigenvalue weighted by molar-refractivity contribution is 6.29. The Morgan fingerprint density at radius 2 is 1.94 bits per heavy atom. The standard InChI is InChI=1S/C13H11ClN2O/c1-9-2-4-10(5-3-9)13(17)16-11-6-7-15-12(14)8-11/h2-8H,1H3,(H,15,16,17). The number of amides is 1. The molecule has 0 spiro atoms. The molecule has 0 aliphatic rings. The zero-order chi connectivity index (χ0) is 12.3. The van der Waals surface area contributed by atoms with Crippen LogP contribution in [0, 0.1) is 6.92 Å². The molecule has 1 heterocycles. The van der Waals surface area contributed by atoms with Gasteiger partial charge in [-0.05, 0) is 31.2 Å². The Balaban J connectivity index is 2.14. The first-order chi connectivity index (χ1) is 8.15. The molecule has 0 unspecified atom stereocenters. The number of aromatic nitrogens is 1. The van der Waals surface area contributed by atoms with Crippen molar-refractivity contribution < 1.29 is 4.79 Å². The fourth-order valence-corrected chi connectivity index (χ4v) is 1.56. The molecule has 2 rings (SSSR count). The van der Waals surface area contributed by atoms with Gasteiger partial charge in [0.25, 0.3) is 5.91 Å². The minimum Gasteiger partial charge on any atom is -0.322 e. The number of pyridine rings is 1. The molecule has 0 radical (unpaired) electrons. The molecule has 0 saturated heterocycles. The number of carbonyl (C=O) groups is 1. The Morgan fingerprint density at radius 1 is 1.24 bits per heavy atom. The van der Waals surface area contributed by atoms with Gasteiger partial charge in [-0.25, -0.2) is 4.98 Å². The van der Waals surface area contributed by atoms with Gasteiger partial charge < -0.3 is 5.32 Å². The quantitative estimate of drug-likeness (QED) is 0.826. The number of halogens is 1. The van der Waals surface area contributed by atoms with Gasteiger partial charge in [0, 0.05) is 17.4 Å². The second-order valence-corrected chi connectivity index (χ2v) is 4.07. The lowest BCUT2D eigenvalue weighted by atomic mass is 10.1. The maximum absolute atomic E-state index is 11.9. The lowest BCUT2D eigenvalue weighted by Gasteiger charge is -2.05. The number of carbonyl (C=O) groups excluding carboxylic acids is 1. The maximum atomic E-state index is 11.9. The predicted molar refractivity (Wildman–Crippen MR) is 68.4 cm³/mol. The van der Waals surface area contributed by atoms with Crippen molar-refractivity contribution >= 4 is 23.2 Å². The molecule has 0 fully saturated rings. The summed E-state index contributed by atoms with van der Waals surface area (Å²) in [6.45, 7) is 1.98. The number of anilines is 1. The first-order valence-corrected chi connectivity index (χ1v) is 5.52. The van der Waals surface area contributed by atoms with Crippen molar-refractivity contribution in [2.75, 3.05) is 5.32 Å². The molecule has 1 amide bonds. The van der Waals surface area contributed by atoms with Crippen LogP contribution in [0.25, 0.3) is 0 Å². The van der Waals surface area contributed by atoms with Gasteiger partial charge in [-0.1, -0.05) is 29.3 Å². The van der Waals surface area contributed by atoms with E-state index in [1.807, 2.05) is 19.1 Å². The molecule has 0 bridgehead atoms. The van der Waals surface area contributed by atoms with Crippen LogP contribution in [0.4, 0.5) is 5.69 Å². The van der Waals surface area contributed by atoms with Gasteiger partial charge in [0.1, 0.15) is 5.15 Å². The molecule has 3 nitrogen and oxygen atoms in total. The van der Waals surface area contributed by atoms with Crippen LogP contribution in [0.5, 0.6) is 0 Å². The van der Waals surface area contributed by atoms with E-state index in [1.165, 1.54) is 0 Å². The lowest BCUT2D eigenvalue weighted by Crippen LogP contribution is -2.11. The van der Waals surface area contributed by atoms with Crippen LogP contribution >= 0.6 is 11.6 Å². The molecule has 2 aromatic rings. The highest BCUT2D eigenvalue weighted by Gasteiger charge is 2.05. The molecule has 0 saturated carbocycles. The molecule has 0 aliphatic carbocycles. The zero-order valence-corrected chi connectivity index (χ0v) is 10.0. The monoisotopic (exact) mass is 246 g/mol. The van der Waals surface area contributed by atoms with Crippen molar-refractivity contribution in [3.63, 3.8) is 0 Å².